The van der Waals surface area contributed by atoms with Gasteiger partial charge in [-0.2, -0.15) is 0 Å². The van der Waals surface area contributed by atoms with E-state index in [0.717, 1.165) is 38.0 Å². The second-order valence-corrected chi connectivity index (χ2v) is 7.08. The Morgan fingerprint density at radius 3 is 3.00 bits per heavy atom. The average molecular weight is 338 g/mol. The first-order valence-corrected chi connectivity index (χ1v) is 9.26. The molecule has 25 heavy (non-hydrogen) atoms. The first-order valence-electron chi connectivity index (χ1n) is 9.26. The lowest BCUT2D eigenvalue weighted by Crippen LogP contribution is -2.43. The molecule has 0 aliphatic carbocycles. The van der Waals surface area contributed by atoms with E-state index in [2.05, 4.69) is 52.5 Å². The molecule has 2 aliphatic heterocycles. The zero-order valence-electron chi connectivity index (χ0n) is 14.7. The van der Waals surface area contributed by atoms with Crippen molar-refractivity contribution in [3.8, 4) is 0 Å². The summed E-state index contributed by atoms with van der Waals surface area (Å²) in [6.07, 6.45) is 5.11. The third-order valence-corrected chi connectivity index (χ3v) is 5.47. The van der Waals surface area contributed by atoms with E-state index in [1.54, 1.807) is 0 Å². The molecule has 2 aliphatic rings. The first-order chi connectivity index (χ1) is 12.2. The zero-order chi connectivity index (χ0) is 17.2. The number of H-pyrrole nitrogens is 1. The van der Waals surface area contributed by atoms with Crippen LogP contribution in [-0.2, 0) is 6.42 Å². The standard InChI is InChI=1S/C20H26N4O/c1-15-14-16-6-2-3-8-18(16)23(15)13-11-22-20(25)24-12-5-9-19(24)17-7-4-10-21-17/h2-4,6-8,10,15,19,21H,5,9,11-14H2,1H3,(H,22,25)/t15-,19+/m1/s1. The molecule has 1 saturated heterocycles. The quantitative estimate of drug-likeness (QED) is 0.898. The number of aromatic amines is 1. The normalized spacial score (nSPS) is 22.3. The lowest BCUT2D eigenvalue weighted by Gasteiger charge is -2.27. The van der Waals surface area contributed by atoms with Crippen molar-refractivity contribution >= 4 is 11.7 Å². The highest BCUT2D eigenvalue weighted by molar-refractivity contribution is 5.75. The van der Waals surface area contributed by atoms with Crippen LogP contribution in [0.4, 0.5) is 10.5 Å². The Bertz CT molecular complexity index is 727. The van der Waals surface area contributed by atoms with Gasteiger partial charge in [-0.25, -0.2) is 4.79 Å². The molecule has 1 aromatic heterocycles. The Hall–Kier alpha value is -2.43. The number of rotatable bonds is 4. The van der Waals surface area contributed by atoms with E-state index >= 15 is 0 Å². The number of para-hydroxylation sites is 1. The van der Waals surface area contributed by atoms with Crippen molar-refractivity contribution in [1.29, 1.82) is 0 Å². The number of carbonyl (C=O) groups is 1. The number of amides is 2. The number of hydrogen-bond acceptors (Lipinski definition) is 2. The van der Waals surface area contributed by atoms with Crippen molar-refractivity contribution in [2.45, 2.75) is 38.3 Å². The minimum Gasteiger partial charge on any atom is -0.367 e. The summed E-state index contributed by atoms with van der Waals surface area (Å²) in [4.78, 5) is 20.3. The molecule has 2 aromatic rings. The topological polar surface area (TPSA) is 51.4 Å². The molecule has 5 heteroatoms. The molecular weight excluding hydrogens is 312 g/mol. The fourth-order valence-electron chi connectivity index (χ4n) is 4.24. The van der Waals surface area contributed by atoms with Gasteiger partial charge in [0.05, 0.1) is 6.04 Å². The number of anilines is 1. The maximum atomic E-state index is 12.6. The molecule has 0 radical (unpaired) electrons. The molecule has 0 bridgehead atoms. The number of carbonyl (C=O) groups excluding carboxylic acids is 1. The summed E-state index contributed by atoms with van der Waals surface area (Å²) in [6.45, 7) is 4.61. The van der Waals surface area contributed by atoms with Crippen LogP contribution < -0.4 is 10.2 Å². The molecule has 1 fully saturated rings. The Balaban J connectivity index is 1.34. The summed E-state index contributed by atoms with van der Waals surface area (Å²) in [5.41, 5.74) is 3.86. The monoisotopic (exact) mass is 338 g/mol. The molecule has 2 N–H and O–H groups in total. The minimum absolute atomic E-state index is 0.0530. The summed E-state index contributed by atoms with van der Waals surface area (Å²) in [6, 6.07) is 13.4. The smallest absolute Gasteiger partial charge is 0.318 e. The molecule has 1 aromatic carbocycles. The van der Waals surface area contributed by atoms with Crippen LogP contribution in [0.2, 0.25) is 0 Å². The molecule has 2 atom stereocenters. The number of nitrogens with zero attached hydrogens (tertiary/aromatic N) is 2. The molecule has 5 nitrogen and oxygen atoms in total. The Labute approximate surface area is 149 Å². The van der Waals surface area contributed by atoms with Crippen LogP contribution >= 0.6 is 0 Å². The zero-order valence-corrected chi connectivity index (χ0v) is 14.7. The van der Waals surface area contributed by atoms with Crippen LogP contribution in [0.15, 0.2) is 42.6 Å². The van der Waals surface area contributed by atoms with Crippen molar-refractivity contribution in [3.05, 3.63) is 53.9 Å². The highest BCUT2D eigenvalue weighted by atomic mass is 16.2. The van der Waals surface area contributed by atoms with E-state index in [1.165, 1.54) is 11.3 Å². The van der Waals surface area contributed by atoms with Gasteiger partial charge in [0, 0.05) is 43.3 Å². The Morgan fingerprint density at radius 1 is 1.28 bits per heavy atom. The Kier molecular flexibility index (Phi) is 4.38. The lowest BCUT2D eigenvalue weighted by atomic mass is 10.1. The fraction of sp³-hybridized carbons (Fsp3) is 0.450. The first kappa shape index (κ1) is 16.1. The summed E-state index contributed by atoms with van der Waals surface area (Å²) < 4.78 is 0. The van der Waals surface area contributed by atoms with Crippen molar-refractivity contribution in [3.63, 3.8) is 0 Å². The van der Waals surface area contributed by atoms with Gasteiger partial charge in [0.25, 0.3) is 0 Å². The van der Waals surface area contributed by atoms with Gasteiger partial charge in [-0.15, -0.1) is 0 Å². The van der Waals surface area contributed by atoms with Gasteiger partial charge < -0.3 is 20.1 Å². The van der Waals surface area contributed by atoms with E-state index in [1.807, 2.05) is 17.2 Å². The highest BCUT2D eigenvalue weighted by Crippen LogP contribution is 2.32. The molecular formula is C20H26N4O. The van der Waals surface area contributed by atoms with E-state index in [9.17, 15) is 4.79 Å². The van der Waals surface area contributed by atoms with Crippen LogP contribution in [0.3, 0.4) is 0 Å². The summed E-state index contributed by atoms with van der Waals surface area (Å²) >= 11 is 0. The summed E-state index contributed by atoms with van der Waals surface area (Å²) in [7, 11) is 0. The van der Waals surface area contributed by atoms with E-state index in [0.29, 0.717) is 12.6 Å². The largest absolute Gasteiger partial charge is 0.367 e. The molecule has 4 rings (SSSR count). The van der Waals surface area contributed by atoms with Gasteiger partial charge >= 0.3 is 6.03 Å². The van der Waals surface area contributed by atoms with Crippen LogP contribution in [-0.4, -0.2) is 41.6 Å². The average Bonchev–Trinajstić information content (AvgIpc) is 3.34. The Morgan fingerprint density at radius 2 is 2.16 bits per heavy atom. The van der Waals surface area contributed by atoms with Gasteiger partial charge in [0.15, 0.2) is 0 Å². The van der Waals surface area contributed by atoms with E-state index < -0.39 is 0 Å². The number of urea groups is 1. The van der Waals surface area contributed by atoms with Crippen LogP contribution in [0.5, 0.6) is 0 Å². The van der Waals surface area contributed by atoms with E-state index in [-0.39, 0.29) is 12.1 Å². The van der Waals surface area contributed by atoms with Crippen molar-refractivity contribution < 1.29 is 4.79 Å². The predicted molar refractivity (Wildman–Crippen MR) is 99.8 cm³/mol. The molecule has 0 unspecified atom stereocenters. The number of nitrogens with one attached hydrogen (secondary N) is 2. The van der Waals surface area contributed by atoms with Gasteiger partial charge in [0.1, 0.15) is 0 Å². The fourth-order valence-corrected chi connectivity index (χ4v) is 4.24. The van der Waals surface area contributed by atoms with Crippen molar-refractivity contribution in [2.24, 2.45) is 0 Å². The maximum Gasteiger partial charge on any atom is 0.318 e. The van der Waals surface area contributed by atoms with Crippen molar-refractivity contribution in [1.82, 2.24) is 15.2 Å². The third-order valence-electron chi connectivity index (χ3n) is 5.47. The van der Waals surface area contributed by atoms with Gasteiger partial charge in [-0.05, 0) is 49.9 Å². The van der Waals surface area contributed by atoms with Crippen LogP contribution in [0, 0.1) is 0 Å². The molecule has 132 valence electrons. The molecule has 0 spiro atoms. The number of likely N-dealkylation sites (tertiary alicyclic amines) is 1. The number of benzene rings is 1. The third kappa shape index (κ3) is 3.11. The van der Waals surface area contributed by atoms with Gasteiger partial charge in [-0.3, -0.25) is 0 Å². The maximum absolute atomic E-state index is 12.6. The molecule has 2 amide bonds. The van der Waals surface area contributed by atoms with Gasteiger partial charge in [-0.1, -0.05) is 18.2 Å². The van der Waals surface area contributed by atoms with Crippen LogP contribution in [0.25, 0.3) is 0 Å². The molecule has 3 heterocycles. The number of hydrogen-bond donors (Lipinski definition) is 2. The highest BCUT2D eigenvalue weighted by Gasteiger charge is 2.31. The predicted octanol–water partition coefficient (Wildman–Crippen LogP) is 3.31. The number of aromatic nitrogens is 1. The second-order valence-electron chi connectivity index (χ2n) is 7.08. The number of fused-ring (bicyclic) bond motifs is 1. The molecule has 0 saturated carbocycles. The summed E-state index contributed by atoms with van der Waals surface area (Å²) in [5, 5.41) is 3.13. The van der Waals surface area contributed by atoms with Gasteiger partial charge in [0.2, 0.25) is 0 Å². The SMILES string of the molecule is C[C@@H]1Cc2ccccc2N1CCNC(=O)N1CCC[C@H]1c1ccc[nH]1. The summed E-state index contributed by atoms with van der Waals surface area (Å²) in [5.74, 6) is 0. The van der Waals surface area contributed by atoms with Crippen molar-refractivity contribution in [2.75, 3.05) is 24.5 Å². The van der Waals surface area contributed by atoms with Crippen LogP contribution in [0.1, 0.15) is 37.1 Å². The lowest BCUT2D eigenvalue weighted by molar-refractivity contribution is 0.192. The van der Waals surface area contributed by atoms with E-state index in [4.69, 9.17) is 0 Å². The second kappa shape index (κ2) is 6.82. The minimum atomic E-state index is 0.0530.